The fourth-order valence-electron chi connectivity index (χ4n) is 1.71. The second kappa shape index (κ2) is 8.61. The van der Waals surface area contributed by atoms with Crippen LogP contribution in [0.5, 0.6) is 0 Å². The molecule has 0 atom stereocenters. The molecule has 0 spiro atoms. The predicted molar refractivity (Wildman–Crippen MR) is 74.3 cm³/mol. The molecule has 0 aliphatic rings. The molecule has 0 saturated carbocycles. The standard InChI is InChI=1S/C14H22FN3O/c1-16-8-3-9-18(2)11-14(19)17-10-12-4-6-13(15)7-5-12/h4-7,16H,3,8-11H2,1-2H3,(H,17,19). The van der Waals surface area contributed by atoms with Crippen LogP contribution in [0.2, 0.25) is 0 Å². The fraction of sp³-hybridized carbons (Fsp3) is 0.500. The summed E-state index contributed by atoms with van der Waals surface area (Å²) in [6.07, 6.45) is 1.01. The maximum atomic E-state index is 12.7. The zero-order valence-electron chi connectivity index (χ0n) is 11.6. The van der Waals surface area contributed by atoms with Crippen LogP contribution in [-0.4, -0.2) is 44.5 Å². The van der Waals surface area contributed by atoms with Gasteiger partial charge in [-0.05, 0) is 51.3 Å². The Kier molecular flexibility index (Phi) is 7.07. The van der Waals surface area contributed by atoms with Crippen molar-refractivity contribution in [1.29, 1.82) is 0 Å². The van der Waals surface area contributed by atoms with Gasteiger partial charge in [0.05, 0.1) is 6.54 Å². The van der Waals surface area contributed by atoms with Crippen molar-refractivity contribution < 1.29 is 9.18 Å². The predicted octanol–water partition coefficient (Wildman–Crippen LogP) is 0.983. The Hall–Kier alpha value is -1.46. The van der Waals surface area contributed by atoms with Gasteiger partial charge in [-0.1, -0.05) is 12.1 Å². The zero-order chi connectivity index (χ0) is 14.1. The molecule has 1 amide bonds. The first kappa shape index (κ1) is 15.6. The van der Waals surface area contributed by atoms with E-state index in [-0.39, 0.29) is 11.7 Å². The quantitative estimate of drug-likeness (QED) is 0.690. The van der Waals surface area contributed by atoms with Crippen molar-refractivity contribution in [1.82, 2.24) is 15.5 Å². The number of likely N-dealkylation sites (N-methyl/N-ethyl adjacent to an activating group) is 1. The van der Waals surface area contributed by atoms with E-state index in [1.165, 1.54) is 12.1 Å². The molecule has 1 rings (SSSR count). The van der Waals surface area contributed by atoms with E-state index in [0.717, 1.165) is 25.1 Å². The Bertz CT molecular complexity index is 381. The monoisotopic (exact) mass is 267 g/mol. The number of carbonyl (C=O) groups is 1. The maximum absolute atomic E-state index is 12.7. The second-order valence-electron chi connectivity index (χ2n) is 4.60. The van der Waals surface area contributed by atoms with Crippen molar-refractivity contribution in [2.45, 2.75) is 13.0 Å². The number of carbonyl (C=O) groups excluding carboxylic acids is 1. The molecular formula is C14H22FN3O. The molecule has 2 N–H and O–H groups in total. The van der Waals surface area contributed by atoms with Crippen LogP contribution in [0.25, 0.3) is 0 Å². The van der Waals surface area contributed by atoms with Crippen molar-refractivity contribution in [2.24, 2.45) is 0 Å². The van der Waals surface area contributed by atoms with E-state index < -0.39 is 0 Å². The lowest BCUT2D eigenvalue weighted by atomic mass is 10.2. The molecule has 0 radical (unpaired) electrons. The van der Waals surface area contributed by atoms with Crippen LogP contribution < -0.4 is 10.6 Å². The highest BCUT2D eigenvalue weighted by Gasteiger charge is 2.05. The average Bonchev–Trinajstić information content (AvgIpc) is 2.38. The SMILES string of the molecule is CNCCCN(C)CC(=O)NCc1ccc(F)cc1. The van der Waals surface area contributed by atoms with Crippen molar-refractivity contribution in [3.63, 3.8) is 0 Å². The van der Waals surface area contributed by atoms with E-state index in [2.05, 4.69) is 10.6 Å². The molecule has 5 heteroatoms. The smallest absolute Gasteiger partial charge is 0.234 e. The van der Waals surface area contributed by atoms with Crippen molar-refractivity contribution >= 4 is 5.91 Å². The van der Waals surface area contributed by atoms with Crippen LogP contribution in [0.1, 0.15) is 12.0 Å². The van der Waals surface area contributed by atoms with Gasteiger partial charge in [0.25, 0.3) is 0 Å². The van der Waals surface area contributed by atoms with Crippen molar-refractivity contribution in [2.75, 3.05) is 33.7 Å². The molecule has 0 saturated heterocycles. The second-order valence-corrected chi connectivity index (χ2v) is 4.60. The minimum Gasteiger partial charge on any atom is -0.351 e. The molecular weight excluding hydrogens is 245 g/mol. The van der Waals surface area contributed by atoms with Crippen LogP contribution in [0.4, 0.5) is 4.39 Å². The van der Waals surface area contributed by atoms with Gasteiger partial charge in [0.15, 0.2) is 0 Å². The normalized spacial score (nSPS) is 10.7. The van der Waals surface area contributed by atoms with Gasteiger partial charge in [-0.15, -0.1) is 0 Å². The molecule has 0 bridgehead atoms. The molecule has 1 aromatic rings. The molecule has 4 nitrogen and oxygen atoms in total. The van der Waals surface area contributed by atoms with E-state index in [1.54, 1.807) is 12.1 Å². The number of hydrogen-bond donors (Lipinski definition) is 2. The minimum atomic E-state index is -0.264. The Morgan fingerprint density at radius 2 is 2.00 bits per heavy atom. The van der Waals surface area contributed by atoms with Gasteiger partial charge in [0.1, 0.15) is 5.82 Å². The molecule has 0 aromatic heterocycles. The molecule has 106 valence electrons. The Morgan fingerprint density at radius 3 is 2.63 bits per heavy atom. The highest BCUT2D eigenvalue weighted by atomic mass is 19.1. The lowest BCUT2D eigenvalue weighted by Crippen LogP contribution is -2.35. The summed E-state index contributed by atoms with van der Waals surface area (Å²) in [5.41, 5.74) is 0.896. The van der Waals surface area contributed by atoms with E-state index in [9.17, 15) is 9.18 Å². The van der Waals surface area contributed by atoms with Crippen LogP contribution in [-0.2, 0) is 11.3 Å². The summed E-state index contributed by atoms with van der Waals surface area (Å²) >= 11 is 0. The lowest BCUT2D eigenvalue weighted by Gasteiger charge is -2.16. The maximum Gasteiger partial charge on any atom is 0.234 e. The highest BCUT2D eigenvalue weighted by molar-refractivity contribution is 5.77. The number of rotatable bonds is 8. The Balaban J connectivity index is 2.22. The van der Waals surface area contributed by atoms with Gasteiger partial charge in [0.2, 0.25) is 5.91 Å². The number of hydrogen-bond acceptors (Lipinski definition) is 3. The number of nitrogens with one attached hydrogen (secondary N) is 2. The number of nitrogens with zero attached hydrogens (tertiary/aromatic N) is 1. The number of benzene rings is 1. The molecule has 19 heavy (non-hydrogen) atoms. The van der Waals surface area contributed by atoms with Crippen LogP contribution in [0, 0.1) is 5.82 Å². The minimum absolute atomic E-state index is 0.0173. The third-order valence-electron chi connectivity index (χ3n) is 2.78. The topological polar surface area (TPSA) is 44.4 Å². The largest absolute Gasteiger partial charge is 0.351 e. The summed E-state index contributed by atoms with van der Waals surface area (Å²) < 4.78 is 12.7. The Labute approximate surface area is 114 Å². The molecule has 0 aliphatic heterocycles. The van der Waals surface area contributed by atoms with Gasteiger partial charge < -0.3 is 10.6 Å². The number of amides is 1. The van der Waals surface area contributed by atoms with Crippen molar-refractivity contribution in [3.8, 4) is 0 Å². The Morgan fingerprint density at radius 1 is 1.32 bits per heavy atom. The van der Waals surface area contributed by atoms with Gasteiger partial charge in [-0.25, -0.2) is 4.39 Å². The lowest BCUT2D eigenvalue weighted by molar-refractivity contribution is -0.122. The van der Waals surface area contributed by atoms with Crippen LogP contribution >= 0.6 is 0 Å². The summed E-state index contributed by atoms with van der Waals surface area (Å²) in [6, 6.07) is 6.13. The van der Waals surface area contributed by atoms with Gasteiger partial charge in [-0.3, -0.25) is 9.69 Å². The first-order valence-corrected chi connectivity index (χ1v) is 6.46. The zero-order valence-corrected chi connectivity index (χ0v) is 11.6. The van der Waals surface area contributed by atoms with E-state index >= 15 is 0 Å². The third kappa shape index (κ3) is 6.88. The van der Waals surface area contributed by atoms with E-state index in [4.69, 9.17) is 0 Å². The van der Waals surface area contributed by atoms with Gasteiger partial charge >= 0.3 is 0 Å². The molecule has 0 aliphatic carbocycles. The third-order valence-corrected chi connectivity index (χ3v) is 2.78. The fourth-order valence-corrected chi connectivity index (χ4v) is 1.71. The molecule has 0 heterocycles. The average molecular weight is 267 g/mol. The molecule has 0 unspecified atom stereocenters. The first-order valence-electron chi connectivity index (χ1n) is 6.46. The summed E-state index contributed by atoms with van der Waals surface area (Å²) in [5.74, 6) is -0.282. The summed E-state index contributed by atoms with van der Waals surface area (Å²) in [7, 11) is 3.84. The summed E-state index contributed by atoms with van der Waals surface area (Å²) in [4.78, 5) is 13.7. The summed E-state index contributed by atoms with van der Waals surface area (Å²) in [6.45, 7) is 2.64. The molecule has 1 aromatic carbocycles. The first-order chi connectivity index (χ1) is 9.11. The number of halogens is 1. The molecule has 0 fully saturated rings. The van der Waals surface area contributed by atoms with E-state index in [1.807, 2.05) is 19.0 Å². The van der Waals surface area contributed by atoms with Gasteiger partial charge in [-0.2, -0.15) is 0 Å². The van der Waals surface area contributed by atoms with Crippen LogP contribution in [0.3, 0.4) is 0 Å². The summed E-state index contributed by atoms with van der Waals surface area (Å²) in [5, 5.41) is 5.89. The van der Waals surface area contributed by atoms with Crippen molar-refractivity contribution in [3.05, 3.63) is 35.6 Å². The highest BCUT2D eigenvalue weighted by Crippen LogP contribution is 2.01. The van der Waals surface area contributed by atoms with Gasteiger partial charge in [0, 0.05) is 6.54 Å². The van der Waals surface area contributed by atoms with E-state index in [0.29, 0.717) is 13.1 Å². The van der Waals surface area contributed by atoms with Crippen LogP contribution in [0.15, 0.2) is 24.3 Å².